The number of allylic oxidation sites excluding steroid dienone is 1. The van der Waals surface area contributed by atoms with Gasteiger partial charge in [0.15, 0.2) is 5.78 Å². The molecule has 0 N–H and O–H groups in total. The average molecular weight is 164 g/mol. The van der Waals surface area contributed by atoms with Crippen LogP contribution in [0.15, 0.2) is 12.3 Å². The van der Waals surface area contributed by atoms with E-state index in [2.05, 4.69) is 5.10 Å². The van der Waals surface area contributed by atoms with E-state index in [0.29, 0.717) is 0 Å². The van der Waals surface area contributed by atoms with Crippen LogP contribution in [0.3, 0.4) is 0 Å². The van der Waals surface area contributed by atoms with Gasteiger partial charge in [-0.3, -0.25) is 9.48 Å². The second kappa shape index (κ2) is 3.34. The van der Waals surface area contributed by atoms with Crippen LogP contribution in [0.4, 0.5) is 0 Å². The van der Waals surface area contributed by atoms with Crippen LogP contribution < -0.4 is 0 Å². The van der Waals surface area contributed by atoms with E-state index in [-0.39, 0.29) is 5.78 Å². The third-order valence-electron chi connectivity index (χ3n) is 1.65. The number of ketones is 1. The molecule has 0 bridgehead atoms. The fourth-order valence-electron chi connectivity index (χ4n) is 0.992. The number of nitrogens with zero attached hydrogens (tertiary/aromatic N) is 2. The summed E-state index contributed by atoms with van der Waals surface area (Å²) in [6, 6.07) is 0. The normalized spacial score (nSPS) is 10.9. The molecule has 0 amide bonds. The third kappa shape index (κ3) is 1.81. The van der Waals surface area contributed by atoms with Gasteiger partial charge in [0.2, 0.25) is 0 Å². The summed E-state index contributed by atoms with van der Waals surface area (Å²) >= 11 is 0. The van der Waals surface area contributed by atoms with Crippen molar-refractivity contribution in [2.75, 3.05) is 0 Å². The van der Waals surface area contributed by atoms with Gasteiger partial charge in [0.1, 0.15) is 0 Å². The Morgan fingerprint density at radius 1 is 1.67 bits per heavy atom. The van der Waals surface area contributed by atoms with Crippen LogP contribution in [0.2, 0.25) is 0 Å². The quantitative estimate of drug-likeness (QED) is 0.618. The Morgan fingerprint density at radius 2 is 2.33 bits per heavy atom. The Balaban J connectivity index is 2.95. The highest BCUT2D eigenvalue weighted by Gasteiger charge is 1.98. The number of hydrogen-bond donors (Lipinski definition) is 0. The van der Waals surface area contributed by atoms with Crippen molar-refractivity contribution in [3.05, 3.63) is 23.5 Å². The molecule has 1 rings (SSSR count). The molecule has 1 aromatic heterocycles. The van der Waals surface area contributed by atoms with E-state index in [9.17, 15) is 4.79 Å². The smallest absolute Gasteiger partial charge is 0.152 e. The third-order valence-corrected chi connectivity index (χ3v) is 1.65. The number of aryl methyl sites for hydroxylation is 2. The summed E-state index contributed by atoms with van der Waals surface area (Å²) in [4.78, 5) is 10.6. The fourth-order valence-corrected chi connectivity index (χ4v) is 0.992. The summed E-state index contributed by atoms with van der Waals surface area (Å²) in [5.41, 5.74) is 2.06. The standard InChI is InChI=1S/C9H12N2O/c1-7-6-10-11(3)9(7)5-4-8(2)12/h4-6H,1-3H3/b5-4+. The van der Waals surface area contributed by atoms with E-state index >= 15 is 0 Å². The van der Waals surface area contributed by atoms with Crippen LogP contribution in [-0.2, 0) is 11.8 Å². The lowest BCUT2D eigenvalue weighted by Crippen LogP contribution is -1.93. The lowest BCUT2D eigenvalue weighted by atomic mass is 10.2. The first-order valence-corrected chi connectivity index (χ1v) is 3.78. The van der Waals surface area contributed by atoms with Crippen LogP contribution in [0, 0.1) is 6.92 Å². The molecule has 0 atom stereocenters. The molecule has 64 valence electrons. The Kier molecular flexibility index (Phi) is 2.43. The van der Waals surface area contributed by atoms with Crippen molar-refractivity contribution in [2.24, 2.45) is 7.05 Å². The van der Waals surface area contributed by atoms with Crippen LogP contribution in [0.1, 0.15) is 18.2 Å². The molecule has 0 aliphatic rings. The monoisotopic (exact) mass is 164 g/mol. The van der Waals surface area contributed by atoms with E-state index in [0.717, 1.165) is 11.3 Å². The van der Waals surface area contributed by atoms with Crippen LogP contribution in [-0.4, -0.2) is 15.6 Å². The zero-order chi connectivity index (χ0) is 9.14. The maximum Gasteiger partial charge on any atom is 0.152 e. The Bertz CT molecular complexity index is 304. The zero-order valence-corrected chi connectivity index (χ0v) is 7.53. The first-order valence-electron chi connectivity index (χ1n) is 3.78. The first-order chi connectivity index (χ1) is 5.61. The largest absolute Gasteiger partial charge is 0.295 e. The van der Waals surface area contributed by atoms with Crippen molar-refractivity contribution >= 4 is 11.9 Å². The molecule has 1 aromatic rings. The van der Waals surface area contributed by atoms with Gasteiger partial charge in [-0.05, 0) is 31.6 Å². The van der Waals surface area contributed by atoms with Gasteiger partial charge in [0, 0.05) is 7.05 Å². The summed E-state index contributed by atoms with van der Waals surface area (Å²) < 4.78 is 1.74. The van der Waals surface area contributed by atoms with Gasteiger partial charge < -0.3 is 0 Å². The molecule has 0 radical (unpaired) electrons. The molecule has 3 nitrogen and oxygen atoms in total. The molecule has 0 aliphatic heterocycles. The van der Waals surface area contributed by atoms with Crippen LogP contribution in [0.25, 0.3) is 6.08 Å². The number of rotatable bonds is 2. The van der Waals surface area contributed by atoms with Gasteiger partial charge in [-0.2, -0.15) is 5.10 Å². The second-order valence-corrected chi connectivity index (χ2v) is 2.78. The number of aromatic nitrogens is 2. The molecule has 0 unspecified atom stereocenters. The van der Waals surface area contributed by atoms with E-state index in [1.165, 1.54) is 6.92 Å². The fraction of sp³-hybridized carbons (Fsp3) is 0.333. The van der Waals surface area contributed by atoms with Crippen molar-refractivity contribution in [1.29, 1.82) is 0 Å². The molecule has 12 heavy (non-hydrogen) atoms. The SMILES string of the molecule is CC(=O)/C=C/c1c(C)cnn1C. The summed E-state index contributed by atoms with van der Waals surface area (Å²) in [6.07, 6.45) is 5.11. The van der Waals surface area contributed by atoms with Crippen molar-refractivity contribution in [1.82, 2.24) is 9.78 Å². The molecule has 1 heterocycles. The molecule has 0 aromatic carbocycles. The van der Waals surface area contributed by atoms with Crippen LogP contribution in [0.5, 0.6) is 0 Å². The van der Waals surface area contributed by atoms with Crippen molar-refractivity contribution in [3.63, 3.8) is 0 Å². The second-order valence-electron chi connectivity index (χ2n) is 2.78. The highest BCUT2D eigenvalue weighted by atomic mass is 16.1. The van der Waals surface area contributed by atoms with Gasteiger partial charge in [-0.25, -0.2) is 0 Å². The van der Waals surface area contributed by atoms with Gasteiger partial charge in [0.05, 0.1) is 11.9 Å². The minimum Gasteiger partial charge on any atom is -0.295 e. The molecule has 0 spiro atoms. The molecule has 0 saturated carbocycles. The molecule has 0 aliphatic carbocycles. The molecule has 0 fully saturated rings. The number of hydrogen-bond acceptors (Lipinski definition) is 2. The predicted octanol–water partition coefficient (Wildman–Crippen LogP) is 1.33. The highest BCUT2D eigenvalue weighted by molar-refractivity contribution is 5.91. The van der Waals surface area contributed by atoms with E-state index in [1.807, 2.05) is 14.0 Å². The molecular formula is C9H12N2O. The van der Waals surface area contributed by atoms with Gasteiger partial charge in [-0.15, -0.1) is 0 Å². The van der Waals surface area contributed by atoms with Gasteiger partial charge in [0.25, 0.3) is 0 Å². The molecule has 0 saturated heterocycles. The molecule has 3 heteroatoms. The van der Waals surface area contributed by atoms with E-state index < -0.39 is 0 Å². The van der Waals surface area contributed by atoms with Gasteiger partial charge in [-0.1, -0.05) is 0 Å². The summed E-state index contributed by atoms with van der Waals surface area (Å²) in [5.74, 6) is 0.0515. The minimum absolute atomic E-state index is 0.0515. The van der Waals surface area contributed by atoms with Gasteiger partial charge >= 0.3 is 0 Å². The number of carbonyl (C=O) groups excluding carboxylic acids is 1. The molecular weight excluding hydrogens is 152 g/mol. The maximum atomic E-state index is 10.6. The zero-order valence-electron chi connectivity index (χ0n) is 7.53. The van der Waals surface area contributed by atoms with E-state index in [4.69, 9.17) is 0 Å². The van der Waals surface area contributed by atoms with Crippen molar-refractivity contribution in [3.8, 4) is 0 Å². The first kappa shape index (κ1) is 8.71. The topological polar surface area (TPSA) is 34.9 Å². The maximum absolute atomic E-state index is 10.6. The summed E-state index contributed by atoms with van der Waals surface area (Å²) in [7, 11) is 1.85. The summed E-state index contributed by atoms with van der Waals surface area (Å²) in [5, 5.41) is 4.05. The number of carbonyl (C=O) groups is 1. The van der Waals surface area contributed by atoms with Crippen molar-refractivity contribution < 1.29 is 4.79 Å². The summed E-state index contributed by atoms with van der Waals surface area (Å²) in [6.45, 7) is 3.50. The Morgan fingerprint density at radius 3 is 2.75 bits per heavy atom. The Labute approximate surface area is 71.7 Å². The minimum atomic E-state index is 0.0515. The average Bonchev–Trinajstić information content (AvgIpc) is 2.28. The highest BCUT2D eigenvalue weighted by Crippen LogP contribution is 2.07. The van der Waals surface area contributed by atoms with Crippen molar-refractivity contribution in [2.45, 2.75) is 13.8 Å². The lowest BCUT2D eigenvalue weighted by Gasteiger charge is -1.94. The predicted molar refractivity (Wildman–Crippen MR) is 47.7 cm³/mol. The lowest BCUT2D eigenvalue weighted by molar-refractivity contribution is -0.112. The van der Waals surface area contributed by atoms with E-state index in [1.54, 1.807) is 23.0 Å². The Hall–Kier alpha value is -1.38. The van der Waals surface area contributed by atoms with Crippen LogP contribution >= 0.6 is 0 Å².